The molecule has 0 aliphatic carbocycles. The van der Waals surface area contributed by atoms with E-state index in [1.807, 2.05) is 6.07 Å². The van der Waals surface area contributed by atoms with Gasteiger partial charge in [0, 0.05) is 29.9 Å². The Balaban J connectivity index is 1.92. The fourth-order valence-corrected chi connectivity index (χ4v) is 2.90. The van der Waals surface area contributed by atoms with E-state index in [2.05, 4.69) is 30.9 Å². The third kappa shape index (κ3) is 2.37. The summed E-state index contributed by atoms with van der Waals surface area (Å²) in [4.78, 5) is 2.39. The summed E-state index contributed by atoms with van der Waals surface area (Å²) in [5, 5.41) is 0. The van der Waals surface area contributed by atoms with Crippen LogP contribution in [0.25, 0.3) is 0 Å². The molecular formula is C15H22N2O2. The molecule has 2 aliphatic heterocycles. The van der Waals surface area contributed by atoms with Crippen molar-refractivity contribution in [1.82, 2.24) is 0 Å². The molecule has 1 unspecified atom stereocenters. The first-order valence-corrected chi connectivity index (χ1v) is 6.99. The summed E-state index contributed by atoms with van der Waals surface area (Å²) in [5.41, 5.74) is 7.43. The van der Waals surface area contributed by atoms with Crippen molar-refractivity contribution in [2.45, 2.75) is 38.3 Å². The summed E-state index contributed by atoms with van der Waals surface area (Å²) < 4.78 is 11.2. The monoisotopic (exact) mass is 262 g/mol. The number of ether oxygens (including phenoxy) is 2. The number of nitrogens with two attached hydrogens (primary N) is 1. The van der Waals surface area contributed by atoms with Crippen molar-refractivity contribution in [3.05, 3.63) is 18.2 Å². The van der Waals surface area contributed by atoms with Gasteiger partial charge >= 0.3 is 0 Å². The molecule has 0 saturated carbocycles. The molecule has 0 spiro atoms. The maximum Gasteiger partial charge on any atom is 0.163 e. The van der Waals surface area contributed by atoms with E-state index < -0.39 is 0 Å². The molecule has 4 heteroatoms. The minimum absolute atomic E-state index is 0.139. The first kappa shape index (κ1) is 12.6. The number of hydrogen-bond donors (Lipinski definition) is 1. The first-order valence-electron chi connectivity index (χ1n) is 6.99. The van der Waals surface area contributed by atoms with Crippen LogP contribution in [0.2, 0.25) is 0 Å². The fraction of sp³-hybridized carbons (Fsp3) is 0.600. The van der Waals surface area contributed by atoms with E-state index >= 15 is 0 Å². The zero-order chi connectivity index (χ0) is 13.5. The zero-order valence-electron chi connectivity index (χ0n) is 11.7. The molecule has 1 aromatic rings. The van der Waals surface area contributed by atoms with Crippen LogP contribution < -0.4 is 20.1 Å². The second-order valence-electron chi connectivity index (χ2n) is 6.05. The standard InChI is InChI=1S/C15H22N2O2/c1-15(2)6-5-11(16)10-17(15)12-3-4-13-14(9-12)19-8-7-18-13/h3-4,9,11H,5-8,10,16H2,1-2H3. The molecule has 1 aromatic carbocycles. The summed E-state index contributed by atoms with van der Waals surface area (Å²) in [6.07, 6.45) is 2.21. The van der Waals surface area contributed by atoms with Crippen molar-refractivity contribution in [3.63, 3.8) is 0 Å². The number of benzene rings is 1. The molecule has 0 bridgehead atoms. The lowest BCUT2D eigenvalue weighted by Gasteiger charge is -2.46. The minimum Gasteiger partial charge on any atom is -0.486 e. The molecule has 104 valence electrons. The van der Waals surface area contributed by atoms with Gasteiger partial charge in [-0.2, -0.15) is 0 Å². The largest absolute Gasteiger partial charge is 0.486 e. The third-order valence-corrected chi connectivity index (χ3v) is 4.11. The Labute approximate surface area is 114 Å². The van der Waals surface area contributed by atoms with Crippen molar-refractivity contribution >= 4 is 5.69 Å². The average Bonchev–Trinajstić information content (AvgIpc) is 2.41. The number of piperidine rings is 1. The molecule has 0 amide bonds. The van der Waals surface area contributed by atoms with Gasteiger partial charge in [0.15, 0.2) is 11.5 Å². The Hall–Kier alpha value is -1.42. The first-order chi connectivity index (χ1) is 9.06. The topological polar surface area (TPSA) is 47.7 Å². The van der Waals surface area contributed by atoms with E-state index in [4.69, 9.17) is 15.2 Å². The molecule has 1 saturated heterocycles. The zero-order valence-corrected chi connectivity index (χ0v) is 11.7. The predicted molar refractivity (Wildman–Crippen MR) is 76.1 cm³/mol. The summed E-state index contributed by atoms with van der Waals surface area (Å²) >= 11 is 0. The maximum atomic E-state index is 6.12. The average molecular weight is 262 g/mol. The Morgan fingerprint density at radius 2 is 1.95 bits per heavy atom. The van der Waals surface area contributed by atoms with Gasteiger partial charge in [-0.15, -0.1) is 0 Å². The van der Waals surface area contributed by atoms with Crippen molar-refractivity contribution in [2.24, 2.45) is 5.73 Å². The fourth-order valence-electron chi connectivity index (χ4n) is 2.90. The van der Waals surface area contributed by atoms with Crippen LogP contribution in [0.3, 0.4) is 0 Å². The van der Waals surface area contributed by atoms with Crippen LogP contribution in [0.5, 0.6) is 11.5 Å². The Morgan fingerprint density at radius 1 is 1.21 bits per heavy atom. The lowest BCUT2D eigenvalue weighted by atomic mass is 9.88. The molecule has 4 nitrogen and oxygen atoms in total. The van der Waals surface area contributed by atoms with E-state index in [1.165, 1.54) is 5.69 Å². The van der Waals surface area contributed by atoms with Crippen molar-refractivity contribution < 1.29 is 9.47 Å². The van der Waals surface area contributed by atoms with Crippen molar-refractivity contribution in [2.75, 3.05) is 24.7 Å². The number of nitrogens with zero attached hydrogens (tertiary/aromatic N) is 1. The van der Waals surface area contributed by atoms with E-state index in [1.54, 1.807) is 0 Å². The van der Waals surface area contributed by atoms with Crippen LogP contribution in [0.1, 0.15) is 26.7 Å². The van der Waals surface area contributed by atoms with Crippen LogP contribution in [0, 0.1) is 0 Å². The second kappa shape index (κ2) is 4.60. The van der Waals surface area contributed by atoms with Crippen LogP contribution in [-0.4, -0.2) is 31.3 Å². The summed E-state index contributed by atoms with van der Waals surface area (Å²) in [6.45, 7) is 6.70. The highest BCUT2D eigenvalue weighted by Gasteiger charge is 2.33. The molecule has 2 N–H and O–H groups in total. The smallest absolute Gasteiger partial charge is 0.163 e. The molecule has 1 fully saturated rings. The number of fused-ring (bicyclic) bond motifs is 1. The predicted octanol–water partition coefficient (Wildman–Crippen LogP) is 2.16. The normalized spacial score (nSPS) is 25.2. The third-order valence-electron chi connectivity index (χ3n) is 4.11. The van der Waals surface area contributed by atoms with Gasteiger partial charge in [0.1, 0.15) is 13.2 Å². The molecule has 0 aromatic heterocycles. The summed E-state index contributed by atoms with van der Waals surface area (Å²) in [5.74, 6) is 1.69. The Kier molecular flexibility index (Phi) is 3.05. The van der Waals surface area contributed by atoms with Gasteiger partial charge in [0.05, 0.1) is 0 Å². The molecule has 3 rings (SSSR count). The number of hydrogen-bond acceptors (Lipinski definition) is 4. The van der Waals surface area contributed by atoms with Gasteiger partial charge in [-0.3, -0.25) is 0 Å². The van der Waals surface area contributed by atoms with Gasteiger partial charge in [-0.1, -0.05) is 0 Å². The summed E-state index contributed by atoms with van der Waals surface area (Å²) in [7, 11) is 0. The van der Waals surface area contributed by atoms with E-state index in [0.717, 1.165) is 30.9 Å². The highest BCUT2D eigenvalue weighted by molar-refractivity contribution is 5.58. The van der Waals surface area contributed by atoms with Crippen LogP contribution in [0.4, 0.5) is 5.69 Å². The molecule has 1 atom stereocenters. The van der Waals surface area contributed by atoms with Gasteiger partial charge < -0.3 is 20.1 Å². The highest BCUT2D eigenvalue weighted by Crippen LogP contribution is 2.38. The molecule has 2 aliphatic rings. The molecule has 2 heterocycles. The quantitative estimate of drug-likeness (QED) is 0.842. The van der Waals surface area contributed by atoms with E-state index in [9.17, 15) is 0 Å². The van der Waals surface area contributed by atoms with Crippen LogP contribution >= 0.6 is 0 Å². The summed E-state index contributed by atoms with van der Waals surface area (Å²) in [6, 6.07) is 6.43. The number of rotatable bonds is 1. The van der Waals surface area contributed by atoms with E-state index in [-0.39, 0.29) is 11.6 Å². The lowest BCUT2D eigenvalue weighted by Crippen LogP contribution is -2.54. The maximum absolute atomic E-state index is 6.12. The van der Waals surface area contributed by atoms with Gasteiger partial charge in [0.2, 0.25) is 0 Å². The highest BCUT2D eigenvalue weighted by atomic mass is 16.6. The van der Waals surface area contributed by atoms with Gasteiger partial charge in [-0.05, 0) is 38.8 Å². The van der Waals surface area contributed by atoms with E-state index in [0.29, 0.717) is 13.2 Å². The second-order valence-corrected chi connectivity index (χ2v) is 6.05. The van der Waals surface area contributed by atoms with Crippen LogP contribution in [0.15, 0.2) is 18.2 Å². The van der Waals surface area contributed by atoms with Crippen molar-refractivity contribution in [1.29, 1.82) is 0 Å². The Bertz CT molecular complexity index is 473. The number of anilines is 1. The van der Waals surface area contributed by atoms with Crippen LogP contribution in [-0.2, 0) is 0 Å². The van der Waals surface area contributed by atoms with Gasteiger partial charge in [-0.25, -0.2) is 0 Å². The minimum atomic E-state index is 0.139. The Morgan fingerprint density at radius 3 is 2.74 bits per heavy atom. The SMILES string of the molecule is CC1(C)CCC(N)CN1c1ccc2c(c1)OCCO2. The molecular weight excluding hydrogens is 240 g/mol. The van der Waals surface area contributed by atoms with Gasteiger partial charge in [0.25, 0.3) is 0 Å². The molecule has 0 radical (unpaired) electrons. The lowest BCUT2D eigenvalue weighted by molar-refractivity contribution is 0.171. The van der Waals surface area contributed by atoms with Crippen molar-refractivity contribution in [3.8, 4) is 11.5 Å². The molecule has 19 heavy (non-hydrogen) atoms.